The first kappa shape index (κ1) is 21.1. The van der Waals surface area contributed by atoms with Crippen molar-refractivity contribution in [3.8, 4) is 0 Å². The van der Waals surface area contributed by atoms with E-state index in [-0.39, 0.29) is 11.8 Å². The van der Waals surface area contributed by atoms with Gasteiger partial charge in [-0.1, -0.05) is 40.2 Å². The maximum absolute atomic E-state index is 12.6. The van der Waals surface area contributed by atoms with E-state index in [1.165, 1.54) is 5.52 Å². The molecular weight excluding hydrogens is 440 g/mol. The average molecular weight is 469 g/mol. The van der Waals surface area contributed by atoms with Crippen LogP contribution in [-0.4, -0.2) is 33.4 Å². The Bertz CT molecular complexity index is 1000. The fraction of sp³-hybridized carbons (Fsp3) is 0.417. The number of hydrogen-bond donors (Lipinski definition) is 1. The van der Waals surface area contributed by atoms with Crippen molar-refractivity contribution in [2.45, 2.75) is 45.8 Å². The molecule has 1 aliphatic heterocycles. The highest BCUT2D eigenvalue weighted by atomic mass is 79.9. The number of imidazole rings is 1. The number of nitrogens with zero attached hydrogens (tertiary/aromatic N) is 3. The lowest BCUT2D eigenvalue weighted by molar-refractivity contribution is -0.126. The highest BCUT2D eigenvalue weighted by molar-refractivity contribution is 9.10. The van der Waals surface area contributed by atoms with Gasteiger partial charge < -0.3 is 9.88 Å². The number of nitrogens with one attached hydrogen (secondary N) is 1. The van der Waals surface area contributed by atoms with Gasteiger partial charge in [-0.3, -0.25) is 9.69 Å². The van der Waals surface area contributed by atoms with Crippen LogP contribution in [0.3, 0.4) is 0 Å². The lowest BCUT2D eigenvalue weighted by Crippen LogP contribution is -2.40. The highest BCUT2D eigenvalue weighted by Gasteiger charge is 2.26. The minimum Gasteiger partial charge on any atom is -0.352 e. The van der Waals surface area contributed by atoms with Crippen molar-refractivity contribution >= 4 is 32.9 Å². The number of likely N-dealkylation sites (tertiary alicyclic amines) is 1. The van der Waals surface area contributed by atoms with Crippen molar-refractivity contribution in [1.82, 2.24) is 19.8 Å². The maximum atomic E-state index is 12.6. The van der Waals surface area contributed by atoms with Crippen LogP contribution >= 0.6 is 15.9 Å². The summed E-state index contributed by atoms with van der Waals surface area (Å²) in [5.41, 5.74) is 3.38. The van der Waals surface area contributed by atoms with Crippen LogP contribution in [-0.2, 0) is 17.9 Å². The van der Waals surface area contributed by atoms with Gasteiger partial charge in [-0.05, 0) is 69.6 Å². The van der Waals surface area contributed by atoms with Crippen LogP contribution < -0.4 is 5.32 Å². The van der Waals surface area contributed by atoms with E-state index >= 15 is 0 Å². The Labute approximate surface area is 186 Å². The summed E-state index contributed by atoms with van der Waals surface area (Å²) in [7, 11) is 0. The van der Waals surface area contributed by atoms with E-state index in [0.717, 1.165) is 53.9 Å². The van der Waals surface area contributed by atoms with Crippen LogP contribution in [0.4, 0.5) is 0 Å². The summed E-state index contributed by atoms with van der Waals surface area (Å²) < 4.78 is 3.39. The number of piperidine rings is 1. The number of rotatable bonds is 6. The molecule has 0 bridgehead atoms. The highest BCUT2D eigenvalue weighted by Crippen LogP contribution is 2.24. The van der Waals surface area contributed by atoms with Gasteiger partial charge in [0.25, 0.3) is 0 Å². The summed E-state index contributed by atoms with van der Waals surface area (Å²) in [6.45, 7) is 7.69. The molecule has 6 heteroatoms. The molecule has 5 nitrogen and oxygen atoms in total. The van der Waals surface area contributed by atoms with Crippen LogP contribution in [0.15, 0.2) is 53.0 Å². The molecule has 0 atom stereocenters. The molecule has 0 spiro atoms. The molecule has 1 aliphatic rings. The van der Waals surface area contributed by atoms with Crippen LogP contribution in [0.1, 0.15) is 44.1 Å². The number of carbonyl (C=O) groups excluding carboxylic acids is 1. The molecule has 4 rings (SSSR count). The second-order valence-corrected chi connectivity index (χ2v) is 9.29. The van der Waals surface area contributed by atoms with Gasteiger partial charge in [-0.25, -0.2) is 4.98 Å². The maximum Gasteiger partial charge on any atom is 0.223 e. The third-order valence-electron chi connectivity index (χ3n) is 5.89. The minimum absolute atomic E-state index is 0.0978. The molecule has 1 fully saturated rings. The van der Waals surface area contributed by atoms with E-state index in [1.807, 2.05) is 30.3 Å². The van der Waals surface area contributed by atoms with Gasteiger partial charge in [0, 0.05) is 23.0 Å². The summed E-state index contributed by atoms with van der Waals surface area (Å²) in [5, 5.41) is 3.11. The van der Waals surface area contributed by atoms with E-state index < -0.39 is 0 Å². The van der Waals surface area contributed by atoms with Gasteiger partial charge in [0.2, 0.25) is 5.91 Å². The third kappa shape index (κ3) is 4.76. The van der Waals surface area contributed by atoms with Gasteiger partial charge >= 0.3 is 0 Å². The van der Waals surface area contributed by atoms with Crippen molar-refractivity contribution < 1.29 is 4.79 Å². The van der Waals surface area contributed by atoms with Crippen LogP contribution in [0.2, 0.25) is 0 Å². The van der Waals surface area contributed by atoms with Crippen LogP contribution in [0.5, 0.6) is 0 Å². The largest absolute Gasteiger partial charge is 0.352 e. The second kappa shape index (κ2) is 9.31. The van der Waals surface area contributed by atoms with Crippen LogP contribution in [0.25, 0.3) is 11.0 Å². The zero-order valence-corrected chi connectivity index (χ0v) is 19.2. The summed E-state index contributed by atoms with van der Waals surface area (Å²) in [6.07, 6.45) is 1.79. The molecule has 1 saturated heterocycles. The normalized spacial score (nSPS) is 15.7. The first-order valence-electron chi connectivity index (χ1n) is 10.7. The molecule has 2 heterocycles. The third-order valence-corrected chi connectivity index (χ3v) is 6.42. The number of fused-ring (bicyclic) bond motifs is 1. The summed E-state index contributed by atoms with van der Waals surface area (Å²) >= 11 is 3.44. The molecule has 0 radical (unpaired) electrons. The van der Waals surface area contributed by atoms with Gasteiger partial charge in [-0.2, -0.15) is 0 Å². The second-order valence-electron chi connectivity index (χ2n) is 8.38. The number of aromatic nitrogens is 2. The predicted octanol–water partition coefficient (Wildman–Crippen LogP) is 4.91. The minimum atomic E-state index is 0.0978. The van der Waals surface area contributed by atoms with Crippen molar-refractivity contribution in [2.24, 2.45) is 5.92 Å². The molecule has 0 aliphatic carbocycles. The summed E-state index contributed by atoms with van der Waals surface area (Å²) in [4.78, 5) is 19.9. The van der Waals surface area contributed by atoms with Gasteiger partial charge in [0.15, 0.2) is 0 Å². The van der Waals surface area contributed by atoms with Gasteiger partial charge in [0.1, 0.15) is 5.82 Å². The zero-order chi connectivity index (χ0) is 21.1. The van der Waals surface area contributed by atoms with Crippen molar-refractivity contribution in [2.75, 3.05) is 13.1 Å². The van der Waals surface area contributed by atoms with E-state index in [9.17, 15) is 4.79 Å². The number of halogens is 1. The Morgan fingerprint density at radius 2 is 1.83 bits per heavy atom. The van der Waals surface area contributed by atoms with Crippen molar-refractivity contribution in [3.63, 3.8) is 0 Å². The Balaban J connectivity index is 1.32. The van der Waals surface area contributed by atoms with E-state index in [4.69, 9.17) is 4.98 Å². The Hall–Kier alpha value is -2.18. The molecular formula is C24H29BrN4O. The fourth-order valence-electron chi connectivity index (χ4n) is 4.27. The molecule has 1 aromatic heterocycles. The van der Waals surface area contributed by atoms with E-state index in [1.54, 1.807) is 0 Å². The summed E-state index contributed by atoms with van der Waals surface area (Å²) in [5.74, 6) is 1.39. The Morgan fingerprint density at radius 3 is 2.53 bits per heavy atom. The summed E-state index contributed by atoms with van der Waals surface area (Å²) in [6, 6.07) is 16.8. The first-order chi connectivity index (χ1) is 14.5. The lowest BCUT2D eigenvalue weighted by Gasteiger charge is -2.31. The fourth-order valence-corrected chi connectivity index (χ4v) is 4.54. The lowest BCUT2D eigenvalue weighted by atomic mass is 9.96. The van der Waals surface area contributed by atoms with Gasteiger partial charge in [0.05, 0.1) is 17.6 Å². The van der Waals surface area contributed by atoms with Crippen molar-refractivity contribution in [3.05, 3.63) is 64.4 Å². The number of amides is 1. The monoisotopic (exact) mass is 468 g/mol. The molecule has 30 heavy (non-hydrogen) atoms. The zero-order valence-electron chi connectivity index (χ0n) is 17.6. The number of benzene rings is 2. The Kier molecular flexibility index (Phi) is 6.54. The standard InChI is InChI=1S/C24H29BrN4O/c1-17(2)29-22-6-4-3-5-21(22)27-23(29)16-28-13-11-19(12-14-28)24(30)26-15-18-7-9-20(25)10-8-18/h3-10,17,19H,11-16H2,1-2H3,(H,26,30). The van der Waals surface area contributed by atoms with Crippen LogP contribution in [0, 0.1) is 5.92 Å². The smallest absolute Gasteiger partial charge is 0.223 e. The number of hydrogen-bond acceptors (Lipinski definition) is 3. The number of carbonyl (C=O) groups is 1. The molecule has 0 unspecified atom stereocenters. The average Bonchev–Trinajstić information content (AvgIpc) is 3.11. The predicted molar refractivity (Wildman–Crippen MR) is 124 cm³/mol. The first-order valence-corrected chi connectivity index (χ1v) is 11.5. The number of para-hydroxylation sites is 2. The van der Waals surface area contributed by atoms with E-state index in [2.05, 4.69) is 62.8 Å². The SMILES string of the molecule is CC(C)n1c(CN2CCC(C(=O)NCc3ccc(Br)cc3)CC2)nc2ccccc21. The molecule has 158 valence electrons. The Morgan fingerprint density at radius 1 is 1.13 bits per heavy atom. The van der Waals surface area contributed by atoms with Crippen molar-refractivity contribution in [1.29, 1.82) is 0 Å². The quantitative estimate of drug-likeness (QED) is 0.558. The molecule has 3 aromatic rings. The molecule has 2 aromatic carbocycles. The topological polar surface area (TPSA) is 50.2 Å². The molecule has 0 saturated carbocycles. The van der Waals surface area contributed by atoms with E-state index in [0.29, 0.717) is 12.6 Å². The molecule has 1 N–H and O–H groups in total. The molecule has 1 amide bonds. The van der Waals surface area contributed by atoms with Gasteiger partial charge in [-0.15, -0.1) is 0 Å².